The molecule has 1 atom stereocenters. The predicted octanol–water partition coefficient (Wildman–Crippen LogP) is 4.53. The molecule has 0 aliphatic rings. The summed E-state index contributed by atoms with van der Waals surface area (Å²) < 4.78 is 44.0. The second-order valence-electron chi connectivity index (χ2n) is 5.50. The smallest absolute Gasteiger partial charge is 0.417 e. The summed E-state index contributed by atoms with van der Waals surface area (Å²) in [7, 11) is 1.10. The molecule has 27 heavy (non-hydrogen) atoms. The number of hydrogen-bond donors (Lipinski definition) is 1. The van der Waals surface area contributed by atoms with Crippen LogP contribution in [0.5, 0.6) is 0 Å². The van der Waals surface area contributed by atoms with Crippen molar-refractivity contribution in [3.05, 3.63) is 69.2 Å². The number of carbonyl (C=O) groups excluding carboxylic acids is 2. The first-order chi connectivity index (χ1) is 12.6. The Hall–Kier alpha value is -2.25. The predicted molar refractivity (Wildman–Crippen MR) is 94.9 cm³/mol. The van der Waals surface area contributed by atoms with Crippen molar-refractivity contribution in [3.8, 4) is 0 Å². The first-order valence-electron chi connectivity index (χ1n) is 7.63. The van der Waals surface area contributed by atoms with E-state index in [0.29, 0.717) is 5.56 Å². The summed E-state index contributed by atoms with van der Waals surface area (Å²) in [6, 6.07) is 7.67. The van der Waals surface area contributed by atoms with Gasteiger partial charge in [-0.1, -0.05) is 41.4 Å². The zero-order chi connectivity index (χ0) is 20.2. The monoisotopic (exact) mass is 419 g/mol. The minimum absolute atomic E-state index is 0.148. The fourth-order valence-corrected chi connectivity index (χ4v) is 2.98. The van der Waals surface area contributed by atoms with Gasteiger partial charge >= 0.3 is 12.1 Å². The number of ether oxygens (including phenoxy) is 1. The molecular weight excluding hydrogens is 406 g/mol. The number of methoxy groups -OCH3 is 1. The molecule has 0 aliphatic carbocycles. The van der Waals surface area contributed by atoms with Crippen molar-refractivity contribution in [2.24, 2.45) is 0 Å². The van der Waals surface area contributed by atoms with E-state index < -0.39 is 35.2 Å². The van der Waals surface area contributed by atoms with Crippen molar-refractivity contribution in [2.75, 3.05) is 7.11 Å². The third-order valence-electron chi connectivity index (χ3n) is 3.74. The number of hydrogen-bond acceptors (Lipinski definition) is 3. The van der Waals surface area contributed by atoms with Gasteiger partial charge in [-0.2, -0.15) is 13.2 Å². The number of nitrogens with one attached hydrogen (secondary N) is 1. The SMILES string of the molecule is COC(=O)[C@@H](Cc1c(Cl)cccc1Cl)NC(=O)c1ccccc1C(F)(F)F. The number of halogens is 5. The molecule has 2 rings (SSSR count). The molecule has 0 saturated heterocycles. The van der Waals surface area contributed by atoms with Crippen LogP contribution < -0.4 is 5.32 Å². The largest absolute Gasteiger partial charge is 0.467 e. The molecule has 0 fully saturated rings. The fraction of sp³-hybridized carbons (Fsp3) is 0.222. The molecule has 9 heteroatoms. The summed E-state index contributed by atoms with van der Waals surface area (Å²) in [6.45, 7) is 0. The molecule has 0 saturated carbocycles. The van der Waals surface area contributed by atoms with Crippen LogP contribution in [0, 0.1) is 0 Å². The molecule has 144 valence electrons. The van der Waals surface area contributed by atoms with Gasteiger partial charge in [0.1, 0.15) is 6.04 Å². The van der Waals surface area contributed by atoms with E-state index in [4.69, 9.17) is 23.2 Å². The first-order valence-corrected chi connectivity index (χ1v) is 8.38. The van der Waals surface area contributed by atoms with Crippen LogP contribution in [-0.2, 0) is 22.1 Å². The highest BCUT2D eigenvalue weighted by Crippen LogP contribution is 2.32. The maximum atomic E-state index is 13.1. The summed E-state index contributed by atoms with van der Waals surface area (Å²) in [4.78, 5) is 24.5. The lowest BCUT2D eigenvalue weighted by molar-refractivity contribution is -0.142. The molecule has 1 N–H and O–H groups in total. The third-order valence-corrected chi connectivity index (χ3v) is 4.45. The van der Waals surface area contributed by atoms with E-state index >= 15 is 0 Å². The lowest BCUT2D eigenvalue weighted by Crippen LogP contribution is -2.43. The van der Waals surface area contributed by atoms with Crippen LogP contribution in [0.25, 0.3) is 0 Å². The number of alkyl halides is 3. The van der Waals surface area contributed by atoms with Gasteiger partial charge in [0, 0.05) is 16.5 Å². The second-order valence-corrected chi connectivity index (χ2v) is 6.31. The lowest BCUT2D eigenvalue weighted by Gasteiger charge is -2.19. The highest BCUT2D eigenvalue weighted by atomic mass is 35.5. The van der Waals surface area contributed by atoms with E-state index in [9.17, 15) is 22.8 Å². The first kappa shape index (κ1) is 21.1. The summed E-state index contributed by atoms with van der Waals surface area (Å²) >= 11 is 12.1. The van der Waals surface area contributed by atoms with Crippen molar-refractivity contribution in [2.45, 2.75) is 18.6 Å². The summed E-state index contributed by atoms with van der Waals surface area (Å²) in [6.07, 6.45) is -4.87. The maximum Gasteiger partial charge on any atom is 0.417 e. The molecule has 0 spiro atoms. The van der Waals surface area contributed by atoms with E-state index in [1.165, 1.54) is 24.3 Å². The van der Waals surface area contributed by atoms with Gasteiger partial charge < -0.3 is 10.1 Å². The van der Waals surface area contributed by atoms with E-state index in [2.05, 4.69) is 10.1 Å². The van der Waals surface area contributed by atoms with Crippen LogP contribution in [0.1, 0.15) is 21.5 Å². The molecule has 1 amide bonds. The lowest BCUT2D eigenvalue weighted by atomic mass is 10.0. The molecule has 0 aliphatic heterocycles. The molecule has 0 unspecified atom stereocenters. The summed E-state index contributed by atoms with van der Waals surface area (Å²) in [5.41, 5.74) is -1.35. The minimum Gasteiger partial charge on any atom is -0.467 e. The Labute approximate surface area is 163 Å². The number of amides is 1. The van der Waals surface area contributed by atoms with Gasteiger partial charge in [0.05, 0.1) is 18.2 Å². The number of benzene rings is 2. The zero-order valence-electron chi connectivity index (χ0n) is 13.9. The van der Waals surface area contributed by atoms with Crippen molar-refractivity contribution < 1.29 is 27.5 Å². The highest BCUT2D eigenvalue weighted by Gasteiger charge is 2.35. The topological polar surface area (TPSA) is 55.4 Å². The molecule has 0 aromatic heterocycles. The van der Waals surface area contributed by atoms with Crippen molar-refractivity contribution in [3.63, 3.8) is 0 Å². The van der Waals surface area contributed by atoms with Crippen molar-refractivity contribution in [1.82, 2.24) is 5.32 Å². The molecular formula is C18H14Cl2F3NO3. The van der Waals surface area contributed by atoms with Crippen LogP contribution in [0.3, 0.4) is 0 Å². The van der Waals surface area contributed by atoms with Crippen LogP contribution >= 0.6 is 23.2 Å². The molecule has 2 aromatic rings. The average molecular weight is 420 g/mol. The van der Waals surface area contributed by atoms with Crippen LogP contribution in [0.2, 0.25) is 10.0 Å². The number of rotatable bonds is 5. The standard InChI is InChI=1S/C18H14Cl2F3NO3/c1-27-17(26)15(9-11-13(19)7-4-8-14(11)20)24-16(25)10-5-2-3-6-12(10)18(21,22)23/h2-8,15H,9H2,1H3,(H,24,25)/t15-/m1/s1. The van der Waals surface area contributed by atoms with Crippen molar-refractivity contribution in [1.29, 1.82) is 0 Å². The highest BCUT2D eigenvalue weighted by molar-refractivity contribution is 6.36. The molecule has 0 radical (unpaired) electrons. The number of carbonyl (C=O) groups is 2. The third kappa shape index (κ3) is 5.14. The summed E-state index contributed by atoms with van der Waals surface area (Å²) in [5, 5.41) is 2.77. The van der Waals surface area contributed by atoms with Gasteiger partial charge in [0.25, 0.3) is 5.91 Å². The minimum atomic E-state index is -4.72. The molecule has 4 nitrogen and oxygen atoms in total. The average Bonchev–Trinajstić information content (AvgIpc) is 2.62. The van der Waals surface area contributed by atoms with Gasteiger partial charge in [0.15, 0.2) is 0 Å². The van der Waals surface area contributed by atoms with E-state index in [1.54, 1.807) is 6.07 Å². The normalized spacial score (nSPS) is 12.4. The van der Waals surface area contributed by atoms with Gasteiger partial charge in [0.2, 0.25) is 0 Å². The van der Waals surface area contributed by atoms with Gasteiger partial charge in [-0.05, 0) is 29.8 Å². The number of esters is 1. The summed E-state index contributed by atoms with van der Waals surface area (Å²) in [5.74, 6) is -1.91. The Balaban J connectivity index is 2.33. The molecule has 0 heterocycles. The Bertz CT molecular complexity index is 836. The van der Waals surface area contributed by atoms with Gasteiger partial charge in [-0.15, -0.1) is 0 Å². The van der Waals surface area contributed by atoms with E-state index in [-0.39, 0.29) is 16.5 Å². The van der Waals surface area contributed by atoms with Crippen molar-refractivity contribution >= 4 is 35.1 Å². The molecule has 0 bridgehead atoms. The van der Waals surface area contributed by atoms with Gasteiger partial charge in [-0.25, -0.2) is 4.79 Å². The second kappa shape index (κ2) is 8.63. The Morgan fingerprint density at radius 2 is 1.67 bits per heavy atom. The fourth-order valence-electron chi connectivity index (χ4n) is 2.43. The molecule has 2 aromatic carbocycles. The Kier molecular flexibility index (Phi) is 6.73. The van der Waals surface area contributed by atoms with Crippen LogP contribution in [-0.4, -0.2) is 25.0 Å². The van der Waals surface area contributed by atoms with E-state index in [0.717, 1.165) is 19.2 Å². The van der Waals surface area contributed by atoms with E-state index in [1.807, 2.05) is 0 Å². The van der Waals surface area contributed by atoms with Gasteiger partial charge in [-0.3, -0.25) is 4.79 Å². The quantitative estimate of drug-likeness (QED) is 0.724. The maximum absolute atomic E-state index is 13.1. The Morgan fingerprint density at radius 1 is 1.07 bits per heavy atom. The Morgan fingerprint density at radius 3 is 2.22 bits per heavy atom. The van der Waals surface area contributed by atoms with Crippen LogP contribution in [0.4, 0.5) is 13.2 Å². The zero-order valence-corrected chi connectivity index (χ0v) is 15.5. The van der Waals surface area contributed by atoms with Crippen LogP contribution in [0.15, 0.2) is 42.5 Å².